The van der Waals surface area contributed by atoms with Crippen molar-refractivity contribution in [2.24, 2.45) is 0 Å². The van der Waals surface area contributed by atoms with Crippen LogP contribution in [0.2, 0.25) is 5.15 Å². The third kappa shape index (κ3) is 1.76. The van der Waals surface area contributed by atoms with E-state index in [1.807, 2.05) is 12.1 Å². The monoisotopic (exact) mass is 244 g/mol. The zero-order valence-corrected chi connectivity index (χ0v) is 9.86. The fraction of sp³-hybridized carbons (Fsp3) is 0.0833. The molecule has 4 nitrogen and oxygen atoms in total. The van der Waals surface area contributed by atoms with Crippen LogP contribution in [0.3, 0.4) is 0 Å². The minimum Gasteiger partial charge on any atom is -0.275 e. The molecule has 0 fully saturated rings. The van der Waals surface area contributed by atoms with Crippen LogP contribution in [-0.4, -0.2) is 20.4 Å². The van der Waals surface area contributed by atoms with Crippen molar-refractivity contribution in [1.29, 1.82) is 0 Å². The van der Waals surface area contributed by atoms with Gasteiger partial charge in [-0.1, -0.05) is 41.4 Å². The predicted molar refractivity (Wildman–Crippen MR) is 66.9 cm³/mol. The minimum absolute atomic E-state index is 0.368. The molecule has 17 heavy (non-hydrogen) atoms. The summed E-state index contributed by atoms with van der Waals surface area (Å²) in [5.41, 5.74) is 3.76. The number of hydrogen-bond donors (Lipinski definition) is 1. The van der Waals surface area contributed by atoms with E-state index in [2.05, 4.69) is 39.5 Å². The highest BCUT2D eigenvalue weighted by atomic mass is 35.5. The number of aromatic amines is 1. The maximum atomic E-state index is 5.84. The Bertz CT molecular complexity index is 673. The van der Waals surface area contributed by atoms with E-state index in [0.717, 1.165) is 16.6 Å². The highest BCUT2D eigenvalue weighted by molar-refractivity contribution is 6.30. The number of benzene rings is 1. The Morgan fingerprint density at radius 1 is 1.12 bits per heavy atom. The van der Waals surface area contributed by atoms with Gasteiger partial charge in [0.1, 0.15) is 0 Å². The Labute approximate surface area is 103 Å². The van der Waals surface area contributed by atoms with E-state index in [1.165, 1.54) is 5.56 Å². The third-order valence-electron chi connectivity index (χ3n) is 2.63. The molecule has 0 aliphatic heterocycles. The highest BCUT2D eigenvalue weighted by Crippen LogP contribution is 2.26. The average Bonchev–Trinajstić information content (AvgIpc) is 2.73. The maximum Gasteiger partial charge on any atom is 0.203 e. The molecule has 84 valence electrons. The zero-order chi connectivity index (χ0) is 11.8. The molecule has 0 aliphatic rings. The van der Waals surface area contributed by atoms with Crippen molar-refractivity contribution in [3.63, 3.8) is 0 Å². The molecule has 2 heterocycles. The van der Waals surface area contributed by atoms with Crippen molar-refractivity contribution in [2.75, 3.05) is 0 Å². The summed E-state index contributed by atoms with van der Waals surface area (Å²) in [7, 11) is 0. The fourth-order valence-corrected chi connectivity index (χ4v) is 1.88. The number of fused-ring (bicyclic) bond motifs is 1. The largest absolute Gasteiger partial charge is 0.275 e. The van der Waals surface area contributed by atoms with Gasteiger partial charge in [0.05, 0.1) is 11.1 Å². The number of H-pyrrole nitrogens is 1. The van der Waals surface area contributed by atoms with Gasteiger partial charge in [-0.05, 0) is 13.0 Å². The van der Waals surface area contributed by atoms with E-state index >= 15 is 0 Å². The molecular weight excluding hydrogens is 236 g/mol. The molecule has 1 N–H and O–H groups in total. The molecular formula is C12H9ClN4. The molecule has 0 radical (unpaired) electrons. The first-order valence-electron chi connectivity index (χ1n) is 5.18. The van der Waals surface area contributed by atoms with Crippen LogP contribution in [0.4, 0.5) is 0 Å². The summed E-state index contributed by atoms with van der Waals surface area (Å²) < 4.78 is 0. The SMILES string of the molecule is Cc1ccc(-c2[nH]nc3nnc(Cl)cc23)cc1. The maximum absolute atomic E-state index is 5.84. The van der Waals surface area contributed by atoms with Crippen molar-refractivity contribution in [3.8, 4) is 11.3 Å². The smallest absolute Gasteiger partial charge is 0.203 e. The van der Waals surface area contributed by atoms with E-state index < -0.39 is 0 Å². The van der Waals surface area contributed by atoms with Gasteiger partial charge >= 0.3 is 0 Å². The van der Waals surface area contributed by atoms with Gasteiger partial charge in [0.15, 0.2) is 5.15 Å². The Morgan fingerprint density at radius 2 is 1.88 bits per heavy atom. The van der Waals surface area contributed by atoms with Crippen molar-refractivity contribution in [1.82, 2.24) is 20.4 Å². The number of rotatable bonds is 1. The summed E-state index contributed by atoms with van der Waals surface area (Å²) in [6.45, 7) is 2.05. The van der Waals surface area contributed by atoms with Gasteiger partial charge in [-0.25, -0.2) is 0 Å². The van der Waals surface area contributed by atoms with Crippen LogP contribution in [0.5, 0.6) is 0 Å². The van der Waals surface area contributed by atoms with Gasteiger partial charge in [-0.15, -0.1) is 10.2 Å². The van der Waals surface area contributed by atoms with Crippen LogP contribution >= 0.6 is 11.6 Å². The van der Waals surface area contributed by atoms with Gasteiger partial charge < -0.3 is 0 Å². The van der Waals surface area contributed by atoms with Gasteiger partial charge in [0.25, 0.3) is 0 Å². The lowest BCUT2D eigenvalue weighted by Crippen LogP contribution is -1.83. The lowest BCUT2D eigenvalue weighted by Gasteiger charge is -1.99. The molecule has 3 rings (SSSR count). The van der Waals surface area contributed by atoms with Gasteiger partial charge in [-0.3, -0.25) is 5.10 Å². The van der Waals surface area contributed by atoms with Crippen LogP contribution in [-0.2, 0) is 0 Å². The average molecular weight is 245 g/mol. The second-order valence-electron chi connectivity index (χ2n) is 3.87. The molecule has 0 unspecified atom stereocenters. The molecule has 0 saturated carbocycles. The standard InChI is InChI=1S/C12H9ClN4/c1-7-2-4-8(5-3-7)11-9-6-10(13)14-16-12(9)17-15-11/h2-6H,1H3,(H,15,16,17). The first-order valence-corrected chi connectivity index (χ1v) is 5.56. The topological polar surface area (TPSA) is 54.5 Å². The molecule has 0 spiro atoms. The zero-order valence-electron chi connectivity index (χ0n) is 9.11. The second-order valence-corrected chi connectivity index (χ2v) is 4.26. The molecule has 1 aromatic carbocycles. The molecule has 0 bridgehead atoms. The van der Waals surface area contributed by atoms with Crippen LogP contribution in [0.15, 0.2) is 30.3 Å². The molecule has 2 aromatic heterocycles. The third-order valence-corrected chi connectivity index (χ3v) is 2.81. The molecule has 3 aromatic rings. The summed E-state index contributed by atoms with van der Waals surface area (Å²) in [6.07, 6.45) is 0. The van der Waals surface area contributed by atoms with Crippen LogP contribution in [0.1, 0.15) is 5.56 Å². The predicted octanol–water partition coefficient (Wildman–Crippen LogP) is 2.98. The number of nitrogens with zero attached hydrogens (tertiary/aromatic N) is 3. The number of nitrogens with one attached hydrogen (secondary N) is 1. The van der Waals surface area contributed by atoms with E-state index in [-0.39, 0.29) is 0 Å². The summed E-state index contributed by atoms with van der Waals surface area (Å²) >= 11 is 5.84. The number of halogens is 1. The summed E-state index contributed by atoms with van der Waals surface area (Å²) in [5.74, 6) is 0. The minimum atomic E-state index is 0.368. The molecule has 0 atom stereocenters. The van der Waals surface area contributed by atoms with E-state index in [1.54, 1.807) is 6.07 Å². The Balaban J connectivity index is 2.23. The Hall–Kier alpha value is -1.94. The molecule has 5 heteroatoms. The quantitative estimate of drug-likeness (QED) is 0.716. The van der Waals surface area contributed by atoms with Gasteiger partial charge in [0, 0.05) is 5.56 Å². The molecule has 0 saturated heterocycles. The van der Waals surface area contributed by atoms with Crippen LogP contribution < -0.4 is 0 Å². The second kappa shape index (κ2) is 3.82. The van der Waals surface area contributed by atoms with Crippen LogP contribution in [0.25, 0.3) is 22.3 Å². The fourth-order valence-electron chi connectivity index (χ4n) is 1.74. The van der Waals surface area contributed by atoms with Crippen molar-refractivity contribution >= 4 is 22.6 Å². The van der Waals surface area contributed by atoms with E-state index in [4.69, 9.17) is 11.6 Å². The Kier molecular flexibility index (Phi) is 2.30. The highest BCUT2D eigenvalue weighted by Gasteiger charge is 2.09. The lowest BCUT2D eigenvalue weighted by molar-refractivity contribution is 1.02. The van der Waals surface area contributed by atoms with E-state index in [0.29, 0.717) is 10.8 Å². The Morgan fingerprint density at radius 3 is 2.65 bits per heavy atom. The van der Waals surface area contributed by atoms with E-state index in [9.17, 15) is 0 Å². The number of aryl methyl sites for hydroxylation is 1. The van der Waals surface area contributed by atoms with Crippen LogP contribution in [0, 0.1) is 6.92 Å². The van der Waals surface area contributed by atoms with Crippen molar-refractivity contribution < 1.29 is 0 Å². The number of aromatic nitrogens is 4. The normalized spacial score (nSPS) is 10.9. The first kappa shape index (κ1) is 10.2. The lowest BCUT2D eigenvalue weighted by atomic mass is 10.1. The van der Waals surface area contributed by atoms with Crippen molar-refractivity contribution in [2.45, 2.75) is 6.92 Å². The summed E-state index contributed by atoms with van der Waals surface area (Å²) in [5, 5.41) is 16.0. The summed E-state index contributed by atoms with van der Waals surface area (Å²) in [6, 6.07) is 9.95. The first-order chi connectivity index (χ1) is 8.24. The summed E-state index contributed by atoms with van der Waals surface area (Å²) in [4.78, 5) is 0. The molecule has 0 aliphatic carbocycles. The molecule has 0 amide bonds. The van der Waals surface area contributed by atoms with Crippen molar-refractivity contribution in [3.05, 3.63) is 41.0 Å². The number of hydrogen-bond acceptors (Lipinski definition) is 3. The van der Waals surface area contributed by atoms with Gasteiger partial charge in [0.2, 0.25) is 5.65 Å². The van der Waals surface area contributed by atoms with Gasteiger partial charge in [-0.2, -0.15) is 5.10 Å².